The smallest absolute Gasteiger partial charge is 0.0791 e. The lowest BCUT2D eigenvalue weighted by molar-refractivity contribution is 0.733. The van der Waals surface area contributed by atoms with Crippen LogP contribution in [0.15, 0.2) is 24.3 Å². The summed E-state index contributed by atoms with van der Waals surface area (Å²) in [5.74, 6) is 0.516. The molecule has 0 amide bonds. The number of allylic oxidation sites excluding steroid dienone is 4. The molecule has 0 nitrogen and oxygen atoms in total. The van der Waals surface area contributed by atoms with E-state index < -0.39 is 0 Å². The zero-order chi connectivity index (χ0) is 6.91. The fourth-order valence-electron chi connectivity index (χ4n) is 0.695. The Morgan fingerprint density at radius 3 is 2.33 bits per heavy atom. The molecular weight excluding hydrogens is 244 g/mol. The summed E-state index contributed by atoms with van der Waals surface area (Å²) in [6.45, 7) is 2.16. The quantitative estimate of drug-likeness (QED) is 0.580. The largest absolute Gasteiger partial charge is 0.105 e. The SMILES string of the molecule is CC1C=CC=CC1(Br)Br. The monoisotopic (exact) mass is 250 g/mol. The van der Waals surface area contributed by atoms with Gasteiger partial charge in [-0.15, -0.1) is 0 Å². The van der Waals surface area contributed by atoms with Crippen LogP contribution in [0, 0.1) is 5.92 Å². The first kappa shape index (κ1) is 7.55. The van der Waals surface area contributed by atoms with Gasteiger partial charge >= 0.3 is 0 Å². The minimum absolute atomic E-state index is 0.00521. The molecule has 1 atom stereocenters. The third-order valence-corrected chi connectivity index (χ3v) is 3.41. The number of alkyl halides is 2. The van der Waals surface area contributed by atoms with Gasteiger partial charge in [-0.2, -0.15) is 0 Å². The van der Waals surface area contributed by atoms with E-state index in [0.717, 1.165) is 0 Å². The summed E-state index contributed by atoms with van der Waals surface area (Å²) >= 11 is 7.07. The van der Waals surface area contributed by atoms with Gasteiger partial charge in [0.05, 0.1) is 0 Å². The molecule has 0 spiro atoms. The summed E-state index contributed by atoms with van der Waals surface area (Å²) in [6, 6.07) is 0. The van der Waals surface area contributed by atoms with Gasteiger partial charge in [0.1, 0.15) is 3.23 Å². The maximum absolute atomic E-state index is 3.54. The van der Waals surface area contributed by atoms with Gasteiger partial charge in [0.15, 0.2) is 0 Å². The van der Waals surface area contributed by atoms with Gasteiger partial charge in [-0.25, -0.2) is 0 Å². The van der Waals surface area contributed by atoms with Crippen molar-refractivity contribution in [3.05, 3.63) is 24.3 Å². The summed E-state index contributed by atoms with van der Waals surface area (Å²) in [6.07, 6.45) is 8.34. The topological polar surface area (TPSA) is 0 Å². The molecular formula is C7H8Br2. The van der Waals surface area contributed by atoms with Crippen molar-refractivity contribution in [1.82, 2.24) is 0 Å². The van der Waals surface area contributed by atoms with Crippen molar-refractivity contribution in [2.75, 3.05) is 0 Å². The van der Waals surface area contributed by atoms with E-state index in [9.17, 15) is 0 Å². The van der Waals surface area contributed by atoms with Crippen LogP contribution in [0.25, 0.3) is 0 Å². The maximum Gasteiger partial charge on any atom is 0.105 e. The number of halogens is 2. The molecule has 1 aliphatic rings. The summed E-state index contributed by atoms with van der Waals surface area (Å²) in [4.78, 5) is 0. The lowest BCUT2D eigenvalue weighted by Crippen LogP contribution is -2.18. The summed E-state index contributed by atoms with van der Waals surface area (Å²) in [5.41, 5.74) is 0. The van der Waals surface area contributed by atoms with Crippen LogP contribution in [0.3, 0.4) is 0 Å². The first-order chi connectivity index (χ1) is 4.13. The molecule has 0 heterocycles. The van der Waals surface area contributed by atoms with E-state index in [2.05, 4.69) is 57.0 Å². The van der Waals surface area contributed by atoms with Gasteiger partial charge in [0.25, 0.3) is 0 Å². The number of hydrogen-bond acceptors (Lipinski definition) is 0. The molecule has 0 aliphatic heterocycles. The van der Waals surface area contributed by atoms with E-state index >= 15 is 0 Å². The van der Waals surface area contributed by atoms with Crippen LogP contribution in [0.1, 0.15) is 6.92 Å². The maximum atomic E-state index is 3.54. The predicted octanol–water partition coefficient (Wildman–Crippen LogP) is 3.23. The normalized spacial score (nSPS) is 30.8. The molecule has 1 rings (SSSR count). The zero-order valence-electron chi connectivity index (χ0n) is 5.14. The van der Waals surface area contributed by atoms with Crippen LogP contribution in [0.2, 0.25) is 0 Å². The molecule has 0 bridgehead atoms. The molecule has 0 saturated carbocycles. The van der Waals surface area contributed by atoms with Gasteiger partial charge in [0, 0.05) is 5.92 Å². The Morgan fingerprint density at radius 1 is 1.33 bits per heavy atom. The van der Waals surface area contributed by atoms with E-state index in [4.69, 9.17) is 0 Å². The lowest BCUT2D eigenvalue weighted by atomic mass is 10.0. The summed E-state index contributed by atoms with van der Waals surface area (Å²) in [5, 5.41) is 0. The minimum atomic E-state index is -0.00521. The predicted molar refractivity (Wildman–Crippen MR) is 48.0 cm³/mol. The standard InChI is InChI=1S/C7H8Br2/c1-6-4-2-3-5-7(6,8)9/h2-6H,1H3. The fourth-order valence-corrected chi connectivity index (χ4v) is 1.31. The third kappa shape index (κ3) is 1.68. The molecule has 0 N–H and O–H groups in total. The Labute approximate surface area is 72.3 Å². The minimum Gasteiger partial charge on any atom is -0.0791 e. The van der Waals surface area contributed by atoms with E-state index in [1.54, 1.807) is 0 Å². The highest BCUT2D eigenvalue weighted by Crippen LogP contribution is 2.38. The van der Waals surface area contributed by atoms with Gasteiger partial charge in [-0.1, -0.05) is 63.1 Å². The molecule has 50 valence electrons. The Bertz CT molecular complexity index is 156. The molecule has 0 radical (unpaired) electrons. The van der Waals surface area contributed by atoms with Crippen LogP contribution in [-0.4, -0.2) is 3.23 Å². The Hall–Kier alpha value is 0.440. The van der Waals surface area contributed by atoms with Crippen molar-refractivity contribution in [3.8, 4) is 0 Å². The third-order valence-electron chi connectivity index (χ3n) is 1.44. The van der Waals surface area contributed by atoms with Gasteiger partial charge in [-0.05, 0) is 0 Å². The lowest BCUT2D eigenvalue weighted by Gasteiger charge is -2.23. The first-order valence-corrected chi connectivity index (χ1v) is 4.45. The highest BCUT2D eigenvalue weighted by molar-refractivity contribution is 9.25. The zero-order valence-corrected chi connectivity index (χ0v) is 8.31. The fraction of sp³-hybridized carbons (Fsp3) is 0.429. The summed E-state index contributed by atoms with van der Waals surface area (Å²) in [7, 11) is 0. The second kappa shape index (κ2) is 2.59. The van der Waals surface area contributed by atoms with Crippen LogP contribution in [0.4, 0.5) is 0 Å². The average molecular weight is 252 g/mol. The Morgan fingerprint density at radius 2 is 2.00 bits per heavy atom. The van der Waals surface area contributed by atoms with Crippen molar-refractivity contribution in [1.29, 1.82) is 0 Å². The second-order valence-corrected chi connectivity index (χ2v) is 5.90. The molecule has 9 heavy (non-hydrogen) atoms. The van der Waals surface area contributed by atoms with Gasteiger partial charge < -0.3 is 0 Å². The second-order valence-electron chi connectivity index (χ2n) is 2.21. The first-order valence-electron chi connectivity index (χ1n) is 2.87. The van der Waals surface area contributed by atoms with Crippen molar-refractivity contribution in [2.45, 2.75) is 10.2 Å². The molecule has 0 aromatic heterocycles. The van der Waals surface area contributed by atoms with E-state index in [0.29, 0.717) is 5.92 Å². The molecule has 1 unspecified atom stereocenters. The van der Waals surface area contributed by atoms with Crippen LogP contribution in [-0.2, 0) is 0 Å². The summed E-state index contributed by atoms with van der Waals surface area (Å²) < 4.78 is -0.00521. The van der Waals surface area contributed by atoms with Gasteiger partial charge in [-0.3, -0.25) is 0 Å². The molecule has 0 fully saturated rings. The van der Waals surface area contributed by atoms with Gasteiger partial charge in [0.2, 0.25) is 0 Å². The van der Waals surface area contributed by atoms with E-state index in [1.165, 1.54) is 0 Å². The Balaban J connectivity index is 2.78. The average Bonchev–Trinajstić information content (AvgIpc) is 1.77. The van der Waals surface area contributed by atoms with Crippen LogP contribution < -0.4 is 0 Å². The number of hydrogen-bond donors (Lipinski definition) is 0. The van der Waals surface area contributed by atoms with Crippen molar-refractivity contribution in [3.63, 3.8) is 0 Å². The number of rotatable bonds is 0. The molecule has 0 aromatic carbocycles. The highest BCUT2D eigenvalue weighted by atomic mass is 79.9. The molecule has 0 aromatic rings. The molecule has 2 heteroatoms. The van der Waals surface area contributed by atoms with Crippen LogP contribution >= 0.6 is 31.9 Å². The van der Waals surface area contributed by atoms with Crippen molar-refractivity contribution >= 4 is 31.9 Å². The van der Waals surface area contributed by atoms with E-state index in [-0.39, 0.29) is 3.23 Å². The highest BCUT2D eigenvalue weighted by Gasteiger charge is 2.26. The van der Waals surface area contributed by atoms with Crippen LogP contribution in [0.5, 0.6) is 0 Å². The Kier molecular flexibility index (Phi) is 2.17. The van der Waals surface area contributed by atoms with Crippen molar-refractivity contribution in [2.24, 2.45) is 5.92 Å². The molecule has 0 saturated heterocycles. The molecule has 1 aliphatic carbocycles. The van der Waals surface area contributed by atoms with E-state index in [1.807, 2.05) is 6.08 Å². The van der Waals surface area contributed by atoms with Crippen molar-refractivity contribution < 1.29 is 0 Å².